The van der Waals surface area contributed by atoms with E-state index in [-0.39, 0.29) is 0 Å². The molecule has 1 aromatic heterocycles. The first-order valence-electron chi connectivity index (χ1n) is 7.25. The van der Waals surface area contributed by atoms with Crippen LogP contribution in [-0.4, -0.2) is 4.98 Å². The number of benzene rings is 1. The van der Waals surface area contributed by atoms with Crippen molar-refractivity contribution in [1.82, 2.24) is 4.98 Å². The Hall–Kier alpha value is -1.78. The molecule has 0 aliphatic heterocycles. The van der Waals surface area contributed by atoms with Crippen molar-refractivity contribution >= 4 is 16.6 Å². The number of pyridine rings is 1. The Labute approximate surface area is 120 Å². The van der Waals surface area contributed by atoms with Crippen molar-refractivity contribution in [3.8, 4) is 0 Å². The molecule has 2 nitrogen and oxygen atoms in total. The van der Waals surface area contributed by atoms with Gasteiger partial charge in [0.15, 0.2) is 0 Å². The number of halogens is 3. The highest BCUT2D eigenvalue weighted by Gasteiger charge is 2.37. The van der Waals surface area contributed by atoms with Gasteiger partial charge in [-0.25, -0.2) is 0 Å². The maximum absolute atomic E-state index is 12.8. The highest BCUT2D eigenvalue weighted by molar-refractivity contribution is 5.93. The summed E-state index contributed by atoms with van der Waals surface area (Å²) in [6.45, 7) is 0. The molecule has 5 rings (SSSR count). The molecule has 2 bridgehead atoms. The smallest absolute Gasteiger partial charge is 0.398 e. The third-order valence-corrected chi connectivity index (χ3v) is 4.94. The molecular formula is C16H15F3N2. The van der Waals surface area contributed by atoms with Gasteiger partial charge in [-0.1, -0.05) is 6.07 Å². The van der Waals surface area contributed by atoms with Crippen LogP contribution in [0, 0.1) is 0 Å². The lowest BCUT2D eigenvalue weighted by Crippen LogP contribution is -2.24. The average Bonchev–Trinajstić information content (AvgIpc) is 2.47. The van der Waals surface area contributed by atoms with Crippen molar-refractivity contribution in [2.75, 3.05) is 5.73 Å². The standard InChI is InChI=1S/C16H15F3N2/c17-16(18,19)10-5-6-11-12(7-10)21-15-9-3-1-8(2-4-9)13(15)14(11)20/h5-9H,1-4H2,(H2,20,21). The van der Waals surface area contributed by atoms with Gasteiger partial charge in [-0.3, -0.25) is 4.98 Å². The van der Waals surface area contributed by atoms with Gasteiger partial charge in [0, 0.05) is 28.2 Å². The minimum absolute atomic E-state index is 0.367. The molecule has 0 atom stereocenters. The van der Waals surface area contributed by atoms with E-state index in [1.807, 2.05) is 0 Å². The average molecular weight is 292 g/mol. The van der Waals surface area contributed by atoms with Crippen LogP contribution in [-0.2, 0) is 6.18 Å². The van der Waals surface area contributed by atoms with Gasteiger partial charge in [-0.2, -0.15) is 13.2 Å². The minimum Gasteiger partial charge on any atom is -0.398 e. The molecule has 0 saturated heterocycles. The fraction of sp³-hybridized carbons (Fsp3) is 0.438. The number of anilines is 1. The van der Waals surface area contributed by atoms with Gasteiger partial charge in [0.1, 0.15) is 0 Å². The summed E-state index contributed by atoms with van der Waals surface area (Å²) in [5, 5.41) is 0.648. The summed E-state index contributed by atoms with van der Waals surface area (Å²) >= 11 is 0. The van der Waals surface area contributed by atoms with E-state index in [1.54, 1.807) is 0 Å². The zero-order chi connectivity index (χ0) is 14.8. The zero-order valence-electron chi connectivity index (χ0n) is 11.4. The van der Waals surface area contributed by atoms with Crippen molar-refractivity contribution < 1.29 is 13.2 Å². The number of fused-ring (bicyclic) bond motifs is 3. The van der Waals surface area contributed by atoms with Crippen LogP contribution in [0.3, 0.4) is 0 Å². The van der Waals surface area contributed by atoms with Crippen LogP contribution in [0.5, 0.6) is 0 Å². The van der Waals surface area contributed by atoms with Crippen LogP contribution >= 0.6 is 0 Å². The van der Waals surface area contributed by atoms with Crippen LogP contribution in [0.15, 0.2) is 18.2 Å². The Morgan fingerprint density at radius 3 is 2.38 bits per heavy atom. The molecule has 1 heterocycles. The van der Waals surface area contributed by atoms with Crippen LogP contribution in [0.2, 0.25) is 0 Å². The first kappa shape index (κ1) is 12.9. The SMILES string of the molecule is Nc1c2c(nc3cc(C(F)(F)F)ccc13)C1CCC2CC1. The topological polar surface area (TPSA) is 38.9 Å². The second kappa shape index (κ2) is 4.12. The molecule has 3 aliphatic rings. The second-order valence-electron chi connectivity index (χ2n) is 6.10. The van der Waals surface area contributed by atoms with Crippen molar-refractivity contribution in [2.45, 2.75) is 43.7 Å². The van der Waals surface area contributed by atoms with E-state index in [2.05, 4.69) is 4.98 Å². The number of nitrogens with two attached hydrogens (primary N) is 1. The van der Waals surface area contributed by atoms with Gasteiger partial charge in [0.05, 0.1) is 11.1 Å². The van der Waals surface area contributed by atoms with Crippen LogP contribution in [0.4, 0.5) is 18.9 Å². The largest absolute Gasteiger partial charge is 0.416 e. The highest BCUT2D eigenvalue weighted by atomic mass is 19.4. The molecule has 0 unspecified atom stereocenters. The molecule has 1 saturated carbocycles. The van der Waals surface area contributed by atoms with Crippen LogP contribution < -0.4 is 5.73 Å². The third kappa shape index (κ3) is 1.83. The quantitative estimate of drug-likeness (QED) is 0.771. The van der Waals surface area contributed by atoms with E-state index in [1.165, 1.54) is 6.07 Å². The highest BCUT2D eigenvalue weighted by Crippen LogP contribution is 2.51. The number of hydrogen-bond donors (Lipinski definition) is 1. The second-order valence-corrected chi connectivity index (χ2v) is 6.10. The number of nitrogens with zero attached hydrogens (tertiary/aromatic N) is 1. The van der Waals surface area contributed by atoms with E-state index < -0.39 is 11.7 Å². The fourth-order valence-electron chi connectivity index (χ4n) is 3.90. The lowest BCUT2D eigenvalue weighted by Gasteiger charge is -2.38. The van der Waals surface area contributed by atoms with Crippen molar-refractivity contribution in [3.05, 3.63) is 35.0 Å². The Balaban J connectivity index is 1.98. The number of nitrogen functional groups attached to an aromatic ring is 1. The normalized spacial score (nSPS) is 24.3. The van der Waals surface area contributed by atoms with Gasteiger partial charge in [0.2, 0.25) is 0 Å². The Morgan fingerprint density at radius 2 is 1.71 bits per heavy atom. The van der Waals surface area contributed by atoms with Gasteiger partial charge in [-0.05, 0) is 43.7 Å². The number of rotatable bonds is 0. The third-order valence-electron chi connectivity index (χ3n) is 4.94. The molecular weight excluding hydrogens is 277 g/mol. The summed E-state index contributed by atoms with van der Waals surface area (Å²) in [7, 11) is 0. The summed E-state index contributed by atoms with van der Waals surface area (Å²) in [5.74, 6) is 0.801. The molecule has 21 heavy (non-hydrogen) atoms. The maximum Gasteiger partial charge on any atom is 0.416 e. The Bertz CT molecular complexity index is 728. The molecule has 1 aromatic carbocycles. The number of aromatic nitrogens is 1. The van der Waals surface area contributed by atoms with Crippen LogP contribution in [0.25, 0.3) is 10.9 Å². The predicted octanol–water partition coefficient (Wildman–Crippen LogP) is 4.59. The molecule has 2 aromatic rings. The molecule has 2 N–H and O–H groups in total. The summed E-state index contributed by atoms with van der Waals surface area (Å²) in [5.41, 5.74) is 8.65. The van der Waals surface area contributed by atoms with E-state index in [4.69, 9.17) is 5.73 Å². The monoisotopic (exact) mass is 292 g/mol. The van der Waals surface area contributed by atoms with E-state index in [0.717, 1.165) is 49.1 Å². The Morgan fingerprint density at radius 1 is 1.05 bits per heavy atom. The number of hydrogen-bond acceptors (Lipinski definition) is 2. The zero-order valence-corrected chi connectivity index (χ0v) is 11.4. The molecule has 0 radical (unpaired) electrons. The van der Waals surface area contributed by atoms with Crippen molar-refractivity contribution in [2.24, 2.45) is 0 Å². The molecule has 1 fully saturated rings. The summed E-state index contributed by atoms with van der Waals surface area (Å²) in [6, 6.07) is 3.67. The van der Waals surface area contributed by atoms with Gasteiger partial charge in [-0.15, -0.1) is 0 Å². The van der Waals surface area contributed by atoms with Crippen molar-refractivity contribution in [1.29, 1.82) is 0 Å². The van der Waals surface area contributed by atoms with Crippen molar-refractivity contribution in [3.63, 3.8) is 0 Å². The molecule has 110 valence electrons. The Kier molecular flexibility index (Phi) is 2.53. The molecule has 5 heteroatoms. The van der Waals surface area contributed by atoms with Gasteiger partial charge in [0.25, 0.3) is 0 Å². The fourth-order valence-corrected chi connectivity index (χ4v) is 3.90. The van der Waals surface area contributed by atoms with E-state index in [9.17, 15) is 13.2 Å². The predicted molar refractivity (Wildman–Crippen MR) is 75.1 cm³/mol. The molecule has 0 spiro atoms. The summed E-state index contributed by atoms with van der Waals surface area (Å²) in [6.07, 6.45) is 0.0497. The first-order chi connectivity index (χ1) is 9.95. The summed E-state index contributed by atoms with van der Waals surface area (Å²) in [4.78, 5) is 4.55. The summed E-state index contributed by atoms with van der Waals surface area (Å²) < 4.78 is 38.5. The van der Waals surface area contributed by atoms with Gasteiger partial charge >= 0.3 is 6.18 Å². The first-order valence-corrected chi connectivity index (χ1v) is 7.25. The maximum atomic E-state index is 12.8. The number of alkyl halides is 3. The van der Waals surface area contributed by atoms with E-state index in [0.29, 0.717) is 28.4 Å². The lowest BCUT2D eigenvalue weighted by atomic mass is 9.68. The minimum atomic E-state index is -4.35. The van der Waals surface area contributed by atoms with Crippen LogP contribution in [0.1, 0.15) is 54.3 Å². The van der Waals surface area contributed by atoms with E-state index >= 15 is 0 Å². The van der Waals surface area contributed by atoms with Gasteiger partial charge < -0.3 is 5.73 Å². The lowest BCUT2D eigenvalue weighted by molar-refractivity contribution is -0.137. The molecule has 0 amide bonds. The molecule has 3 aliphatic carbocycles.